The number of hydrogen-bond donors (Lipinski definition) is 0. The Labute approximate surface area is 120 Å². The molecule has 4 nitrogen and oxygen atoms in total. The molecular weight excluding hydrogens is 264 g/mol. The van der Waals surface area contributed by atoms with Crippen LogP contribution in [0.25, 0.3) is 33.5 Å². The largest absolute Gasteiger partial charge is 0.453 e. The van der Waals surface area contributed by atoms with E-state index in [1.807, 2.05) is 32.0 Å². The molecule has 0 radical (unpaired) electrons. The molecule has 1 aliphatic heterocycles. The molecule has 2 aromatic rings. The van der Waals surface area contributed by atoms with Crippen LogP contribution in [0.1, 0.15) is 11.1 Å². The van der Waals surface area contributed by atoms with Gasteiger partial charge in [-0.1, -0.05) is 6.07 Å². The SMILES string of the molecule is Cc1ccc2oc3cc(=O)c4ncccc4c-3nc2c1C. The molecule has 0 atom stereocenters. The number of aryl methyl sites for hydroxylation is 2. The minimum atomic E-state index is -0.146. The van der Waals surface area contributed by atoms with Crippen molar-refractivity contribution in [3.8, 4) is 11.5 Å². The van der Waals surface area contributed by atoms with E-state index in [2.05, 4.69) is 4.98 Å². The van der Waals surface area contributed by atoms with Gasteiger partial charge in [-0.25, -0.2) is 4.98 Å². The lowest BCUT2D eigenvalue weighted by Crippen LogP contribution is -2.05. The van der Waals surface area contributed by atoms with Gasteiger partial charge in [-0.15, -0.1) is 0 Å². The Balaban J connectivity index is 2.28. The van der Waals surface area contributed by atoms with Gasteiger partial charge in [-0.2, -0.15) is 0 Å². The van der Waals surface area contributed by atoms with Gasteiger partial charge in [0, 0.05) is 17.6 Å². The molecule has 0 bridgehead atoms. The zero-order valence-corrected chi connectivity index (χ0v) is 11.7. The van der Waals surface area contributed by atoms with E-state index in [0.717, 1.165) is 22.0 Å². The maximum Gasteiger partial charge on any atom is 0.208 e. The molecule has 2 aliphatic rings. The fraction of sp³-hybridized carbons (Fsp3) is 0.118. The van der Waals surface area contributed by atoms with E-state index in [4.69, 9.17) is 9.40 Å². The number of hydrogen-bond acceptors (Lipinski definition) is 4. The number of rotatable bonds is 0. The summed E-state index contributed by atoms with van der Waals surface area (Å²) in [5.41, 5.74) is 4.72. The highest BCUT2D eigenvalue weighted by atomic mass is 16.3. The standard InChI is InChI=1S/C17H12N2O2/c1-9-5-6-13-15(10(9)2)19-17-11-4-3-7-18-16(11)12(20)8-14(17)21-13/h3-8H,1-2H3. The van der Waals surface area contributed by atoms with Crippen molar-refractivity contribution in [2.75, 3.05) is 0 Å². The summed E-state index contributed by atoms with van der Waals surface area (Å²) in [7, 11) is 0. The molecule has 21 heavy (non-hydrogen) atoms. The molecule has 0 N–H and O–H groups in total. The van der Waals surface area contributed by atoms with Crippen LogP contribution in [-0.2, 0) is 0 Å². The van der Waals surface area contributed by atoms with Crippen molar-refractivity contribution in [1.82, 2.24) is 9.97 Å². The van der Waals surface area contributed by atoms with Gasteiger partial charge in [0.25, 0.3) is 0 Å². The smallest absolute Gasteiger partial charge is 0.208 e. The minimum Gasteiger partial charge on any atom is -0.453 e. The molecule has 0 unspecified atom stereocenters. The van der Waals surface area contributed by atoms with E-state index in [1.54, 1.807) is 12.3 Å². The fourth-order valence-electron chi connectivity index (χ4n) is 2.60. The Bertz CT molecular complexity index is 1030. The second-order valence-corrected chi connectivity index (χ2v) is 5.19. The van der Waals surface area contributed by atoms with Crippen molar-refractivity contribution in [2.45, 2.75) is 13.8 Å². The topological polar surface area (TPSA) is 56.0 Å². The lowest BCUT2D eigenvalue weighted by atomic mass is 10.1. The second kappa shape index (κ2) is 4.12. The van der Waals surface area contributed by atoms with Gasteiger partial charge in [-0.3, -0.25) is 9.78 Å². The predicted molar refractivity (Wildman–Crippen MR) is 81.7 cm³/mol. The average Bonchev–Trinajstić information content (AvgIpc) is 2.50. The molecule has 1 aromatic heterocycles. The van der Waals surface area contributed by atoms with Crippen molar-refractivity contribution in [3.05, 3.63) is 57.9 Å². The molecule has 0 saturated heterocycles. The van der Waals surface area contributed by atoms with E-state index >= 15 is 0 Å². The molecule has 0 spiro atoms. The Hall–Kier alpha value is -2.75. The Morgan fingerprint density at radius 1 is 1.10 bits per heavy atom. The summed E-state index contributed by atoms with van der Waals surface area (Å²) in [6, 6.07) is 9.01. The molecule has 1 aliphatic carbocycles. The number of fused-ring (bicyclic) bond motifs is 4. The molecule has 0 amide bonds. The van der Waals surface area contributed by atoms with Crippen LogP contribution < -0.4 is 5.43 Å². The van der Waals surface area contributed by atoms with Gasteiger partial charge < -0.3 is 4.42 Å². The first kappa shape index (κ1) is 12.0. The Morgan fingerprint density at radius 3 is 2.81 bits per heavy atom. The summed E-state index contributed by atoms with van der Waals surface area (Å²) < 4.78 is 5.88. The van der Waals surface area contributed by atoms with Crippen LogP contribution in [0.5, 0.6) is 0 Å². The van der Waals surface area contributed by atoms with Crippen LogP contribution in [0.15, 0.2) is 45.7 Å². The molecule has 0 fully saturated rings. The maximum absolute atomic E-state index is 12.1. The van der Waals surface area contributed by atoms with E-state index in [-0.39, 0.29) is 5.43 Å². The summed E-state index contributed by atoms with van der Waals surface area (Å²) in [6.07, 6.45) is 1.61. The first-order valence-corrected chi connectivity index (χ1v) is 6.73. The highest BCUT2D eigenvalue weighted by molar-refractivity contribution is 5.94. The van der Waals surface area contributed by atoms with Gasteiger partial charge in [0.1, 0.15) is 16.7 Å². The van der Waals surface area contributed by atoms with Gasteiger partial charge in [0.05, 0.1) is 0 Å². The highest BCUT2D eigenvalue weighted by Crippen LogP contribution is 2.31. The van der Waals surface area contributed by atoms with Crippen molar-refractivity contribution >= 4 is 22.0 Å². The zero-order valence-electron chi connectivity index (χ0n) is 11.7. The van der Waals surface area contributed by atoms with Crippen molar-refractivity contribution in [1.29, 1.82) is 0 Å². The molecule has 1 aromatic carbocycles. The van der Waals surface area contributed by atoms with Crippen LogP contribution in [0.2, 0.25) is 0 Å². The summed E-state index contributed by atoms with van der Waals surface area (Å²) in [5.74, 6) is 0.497. The van der Waals surface area contributed by atoms with Crippen molar-refractivity contribution < 1.29 is 4.42 Å². The van der Waals surface area contributed by atoms with Crippen LogP contribution in [0.4, 0.5) is 0 Å². The van der Waals surface area contributed by atoms with E-state index in [9.17, 15) is 4.79 Å². The fourth-order valence-corrected chi connectivity index (χ4v) is 2.60. The van der Waals surface area contributed by atoms with E-state index < -0.39 is 0 Å². The summed E-state index contributed by atoms with van der Waals surface area (Å²) in [5, 5.41) is 0.728. The Kier molecular flexibility index (Phi) is 2.36. The van der Waals surface area contributed by atoms with Crippen molar-refractivity contribution in [3.63, 3.8) is 0 Å². The molecular formula is C17H12N2O2. The monoisotopic (exact) mass is 276 g/mol. The Morgan fingerprint density at radius 2 is 1.95 bits per heavy atom. The number of benzene rings is 2. The van der Waals surface area contributed by atoms with Gasteiger partial charge in [0.2, 0.25) is 5.43 Å². The van der Waals surface area contributed by atoms with Crippen LogP contribution in [-0.4, -0.2) is 9.97 Å². The van der Waals surface area contributed by atoms with Crippen LogP contribution in [0, 0.1) is 13.8 Å². The third-order valence-electron chi connectivity index (χ3n) is 3.90. The van der Waals surface area contributed by atoms with Crippen molar-refractivity contribution in [2.24, 2.45) is 0 Å². The normalized spacial score (nSPS) is 11.5. The molecule has 0 saturated carbocycles. The number of aromatic nitrogens is 2. The lowest BCUT2D eigenvalue weighted by Gasteiger charge is -2.11. The predicted octanol–water partition coefficient (Wildman–Crippen LogP) is 3.46. The van der Waals surface area contributed by atoms with Crippen LogP contribution >= 0.6 is 0 Å². The third kappa shape index (κ3) is 1.65. The molecule has 2 heterocycles. The quantitative estimate of drug-likeness (QED) is 0.364. The zero-order chi connectivity index (χ0) is 14.6. The molecule has 4 heteroatoms. The van der Waals surface area contributed by atoms with Crippen LogP contribution in [0.3, 0.4) is 0 Å². The number of pyridine rings is 1. The van der Waals surface area contributed by atoms with Gasteiger partial charge in [-0.05, 0) is 43.2 Å². The van der Waals surface area contributed by atoms with E-state index in [0.29, 0.717) is 22.6 Å². The first-order valence-electron chi connectivity index (χ1n) is 6.73. The third-order valence-corrected chi connectivity index (χ3v) is 3.90. The average molecular weight is 276 g/mol. The summed E-state index contributed by atoms with van der Waals surface area (Å²) in [6.45, 7) is 4.06. The maximum atomic E-state index is 12.1. The summed E-state index contributed by atoms with van der Waals surface area (Å²) in [4.78, 5) is 21.0. The summed E-state index contributed by atoms with van der Waals surface area (Å²) >= 11 is 0. The number of nitrogens with zero attached hydrogens (tertiary/aromatic N) is 2. The minimum absolute atomic E-state index is 0.146. The molecule has 102 valence electrons. The van der Waals surface area contributed by atoms with Gasteiger partial charge in [0.15, 0.2) is 11.3 Å². The first-order chi connectivity index (χ1) is 10.1. The highest BCUT2D eigenvalue weighted by Gasteiger charge is 2.17. The second-order valence-electron chi connectivity index (χ2n) is 5.19. The lowest BCUT2D eigenvalue weighted by molar-refractivity contribution is 0.613. The van der Waals surface area contributed by atoms with Gasteiger partial charge >= 0.3 is 0 Å². The molecule has 4 rings (SSSR count). The van der Waals surface area contributed by atoms with E-state index in [1.165, 1.54) is 6.07 Å².